The van der Waals surface area contributed by atoms with Crippen molar-refractivity contribution >= 4 is 11.7 Å². The van der Waals surface area contributed by atoms with Crippen LogP contribution < -0.4 is 10.6 Å². The lowest BCUT2D eigenvalue weighted by atomic mass is 10.1. The van der Waals surface area contributed by atoms with Gasteiger partial charge in [-0.3, -0.25) is 0 Å². The van der Waals surface area contributed by atoms with Crippen LogP contribution in [0.5, 0.6) is 0 Å². The molecule has 3 rings (SSSR count). The lowest BCUT2D eigenvalue weighted by Crippen LogP contribution is -2.38. The summed E-state index contributed by atoms with van der Waals surface area (Å²) in [6.45, 7) is 0.340. The Balaban J connectivity index is 1.43. The molecular formula is C18H19FN4O2. The molecule has 3 aromatic rings. The number of pyridine rings is 1. The van der Waals surface area contributed by atoms with Crippen molar-refractivity contribution in [3.8, 4) is 0 Å². The Bertz CT molecular complexity index is 832. The fraction of sp³-hybridized carbons (Fsp3) is 0.222. The van der Waals surface area contributed by atoms with Gasteiger partial charge in [0.2, 0.25) is 0 Å². The van der Waals surface area contributed by atoms with Gasteiger partial charge in [0.1, 0.15) is 11.5 Å². The van der Waals surface area contributed by atoms with Gasteiger partial charge in [-0.1, -0.05) is 24.3 Å². The maximum atomic E-state index is 13.5. The Labute approximate surface area is 144 Å². The Morgan fingerprint density at radius 1 is 1.20 bits per heavy atom. The number of benzene rings is 1. The van der Waals surface area contributed by atoms with Gasteiger partial charge in [0.15, 0.2) is 0 Å². The van der Waals surface area contributed by atoms with Crippen molar-refractivity contribution < 1.29 is 14.3 Å². The fourth-order valence-electron chi connectivity index (χ4n) is 2.52. The summed E-state index contributed by atoms with van der Waals surface area (Å²) >= 11 is 0. The van der Waals surface area contributed by atoms with Gasteiger partial charge >= 0.3 is 6.03 Å². The molecule has 3 N–H and O–H groups in total. The smallest absolute Gasteiger partial charge is 0.314 e. The monoisotopic (exact) mass is 342 g/mol. The van der Waals surface area contributed by atoms with E-state index in [1.807, 2.05) is 35.0 Å². The van der Waals surface area contributed by atoms with Crippen LogP contribution in [-0.2, 0) is 6.42 Å². The number of nitrogens with zero attached hydrogens (tertiary/aromatic N) is 2. The van der Waals surface area contributed by atoms with Crippen LogP contribution >= 0.6 is 0 Å². The summed E-state index contributed by atoms with van der Waals surface area (Å²) in [4.78, 5) is 16.2. The molecule has 0 fully saturated rings. The number of aliphatic hydroxyl groups is 1. The first-order chi connectivity index (χ1) is 12.1. The van der Waals surface area contributed by atoms with Crippen LogP contribution in [0, 0.1) is 5.82 Å². The van der Waals surface area contributed by atoms with E-state index in [4.69, 9.17) is 0 Å². The van der Waals surface area contributed by atoms with Crippen molar-refractivity contribution in [3.63, 3.8) is 0 Å². The predicted molar refractivity (Wildman–Crippen MR) is 91.7 cm³/mol. The zero-order chi connectivity index (χ0) is 17.6. The molecule has 1 aromatic carbocycles. The summed E-state index contributed by atoms with van der Waals surface area (Å²) in [6, 6.07) is 11.3. The third-order valence-electron chi connectivity index (χ3n) is 3.80. The van der Waals surface area contributed by atoms with Crippen LogP contribution in [0.25, 0.3) is 5.65 Å². The first kappa shape index (κ1) is 16.9. The highest BCUT2D eigenvalue weighted by molar-refractivity contribution is 5.73. The summed E-state index contributed by atoms with van der Waals surface area (Å²) in [5.74, 6) is -0.496. The molecular weight excluding hydrogens is 323 g/mol. The van der Waals surface area contributed by atoms with Gasteiger partial charge in [-0.25, -0.2) is 14.2 Å². The molecule has 130 valence electrons. The van der Waals surface area contributed by atoms with Crippen molar-refractivity contribution in [2.75, 3.05) is 13.1 Å². The second-order valence-electron chi connectivity index (χ2n) is 5.62. The molecule has 0 saturated heterocycles. The van der Waals surface area contributed by atoms with Crippen LogP contribution in [0.3, 0.4) is 0 Å². The first-order valence-corrected chi connectivity index (χ1v) is 8.00. The summed E-state index contributed by atoms with van der Waals surface area (Å²) < 4.78 is 15.5. The minimum atomic E-state index is -1.09. The number of rotatable bonds is 6. The van der Waals surface area contributed by atoms with Gasteiger partial charge in [-0.15, -0.1) is 0 Å². The largest absolute Gasteiger partial charge is 0.386 e. The Kier molecular flexibility index (Phi) is 5.25. The SMILES string of the molecule is O=C(NCCc1cn2ccccc2n1)NCC(O)c1ccccc1F. The highest BCUT2D eigenvalue weighted by Crippen LogP contribution is 2.15. The number of hydrogen-bond acceptors (Lipinski definition) is 3. The van der Waals surface area contributed by atoms with E-state index in [-0.39, 0.29) is 12.1 Å². The number of hydrogen-bond donors (Lipinski definition) is 3. The predicted octanol–water partition coefficient (Wildman–Crippen LogP) is 2.05. The maximum Gasteiger partial charge on any atom is 0.314 e. The average Bonchev–Trinajstić information content (AvgIpc) is 3.03. The molecule has 0 saturated carbocycles. The lowest BCUT2D eigenvalue weighted by Gasteiger charge is -2.13. The van der Waals surface area contributed by atoms with Crippen LogP contribution in [0.2, 0.25) is 0 Å². The molecule has 0 aliphatic carbocycles. The molecule has 25 heavy (non-hydrogen) atoms. The number of imidazole rings is 1. The molecule has 2 heterocycles. The van der Waals surface area contributed by atoms with Gasteiger partial charge < -0.3 is 20.1 Å². The third-order valence-corrected chi connectivity index (χ3v) is 3.80. The molecule has 0 spiro atoms. The lowest BCUT2D eigenvalue weighted by molar-refractivity contribution is 0.169. The average molecular weight is 342 g/mol. The first-order valence-electron chi connectivity index (χ1n) is 8.00. The van der Waals surface area contributed by atoms with E-state index >= 15 is 0 Å². The van der Waals surface area contributed by atoms with E-state index in [0.717, 1.165) is 11.3 Å². The molecule has 6 nitrogen and oxygen atoms in total. The van der Waals surface area contributed by atoms with Gasteiger partial charge in [-0.05, 0) is 18.2 Å². The van der Waals surface area contributed by atoms with E-state index < -0.39 is 18.0 Å². The standard InChI is InChI=1S/C18H19FN4O2/c19-15-6-2-1-5-14(15)16(24)11-21-18(25)20-9-8-13-12-23-10-4-3-7-17(23)22-13/h1-7,10,12,16,24H,8-9,11H2,(H2,20,21,25). The van der Waals surface area contributed by atoms with E-state index in [0.29, 0.717) is 13.0 Å². The molecule has 1 atom stereocenters. The van der Waals surface area contributed by atoms with Crippen molar-refractivity contribution in [3.05, 3.63) is 71.9 Å². The number of carbonyl (C=O) groups is 1. The zero-order valence-electron chi connectivity index (χ0n) is 13.5. The minimum Gasteiger partial charge on any atom is -0.386 e. The molecule has 1 unspecified atom stereocenters. The van der Waals surface area contributed by atoms with E-state index in [2.05, 4.69) is 15.6 Å². The van der Waals surface area contributed by atoms with E-state index in [1.54, 1.807) is 12.1 Å². The Morgan fingerprint density at radius 2 is 2.00 bits per heavy atom. The molecule has 0 aliphatic heterocycles. The van der Waals surface area contributed by atoms with Crippen LogP contribution in [0.15, 0.2) is 54.9 Å². The highest BCUT2D eigenvalue weighted by Gasteiger charge is 2.13. The number of aliphatic hydroxyl groups excluding tert-OH is 1. The second-order valence-corrected chi connectivity index (χ2v) is 5.62. The summed E-state index contributed by atoms with van der Waals surface area (Å²) in [5, 5.41) is 15.2. The Morgan fingerprint density at radius 3 is 2.80 bits per heavy atom. The third kappa shape index (κ3) is 4.33. The van der Waals surface area contributed by atoms with Crippen LogP contribution in [0.4, 0.5) is 9.18 Å². The van der Waals surface area contributed by atoms with Gasteiger partial charge in [0, 0.05) is 37.5 Å². The number of fused-ring (bicyclic) bond motifs is 1. The summed E-state index contributed by atoms with van der Waals surface area (Å²) in [7, 11) is 0. The highest BCUT2D eigenvalue weighted by atomic mass is 19.1. The molecule has 2 amide bonds. The number of amides is 2. The summed E-state index contributed by atoms with van der Waals surface area (Å²) in [6.07, 6.45) is 3.32. The second kappa shape index (κ2) is 7.76. The molecule has 0 aliphatic rings. The van der Waals surface area contributed by atoms with Crippen molar-refractivity contribution in [2.45, 2.75) is 12.5 Å². The molecule has 0 radical (unpaired) electrons. The molecule has 7 heteroatoms. The number of carbonyl (C=O) groups excluding carboxylic acids is 1. The maximum absolute atomic E-state index is 13.5. The number of urea groups is 1. The topological polar surface area (TPSA) is 78.7 Å². The Hall–Kier alpha value is -2.93. The normalized spacial score (nSPS) is 12.1. The quantitative estimate of drug-likeness (QED) is 0.641. The van der Waals surface area contributed by atoms with Crippen LogP contribution in [-0.4, -0.2) is 33.6 Å². The minimum absolute atomic E-state index is 0.0683. The number of nitrogens with one attached hydrogen (secondary N) is 2. The van der Waals surface area contributed by atoms with Crippen molar-refractivity contribution in [1.82, 2.24) is 20.0 Å². The fourth-order valence-corrected chi connectivity index (χ4v) is 2.52. The van der Waals surface area contributed by atoms with Crippen LogP contribution in [0.1, 0.15) is 17.4 Å². The van der Waals surface area contributed by atoms with Gasteiger partial charge in [0.05, 0.1) is 11.8 Å². The van der Waals surface area contributed by atoms with Gasteiger partial charge in [-0.2, -0.15) is 0 Å². The molecule has 0 bridgehead atoms. The number of halogens is 1. The van der Waals surface area contributed by atoms with Crippen molar-refractivity contribution in [2.24, 2.45) is 0 Å². The van der Waals surface area contributed by atoms with E-state index in [1.165, 1.54) is 12.1 Å². The van der Waals surface area contributed by atoms with Crippen molar-refractivity contribution in [1.29, 1.82) is 0 Å². The summed E-state index contributed by atoms with van der Waals surface area (Å²) in [5.41, 5.74) is 1.89. The number of aromatic nitrogens is 2. The van der Waals surface area contributed by atoms with E-state index in [9.17, 15) is 14.3 Å². The zero-order valence-corrected chi connectivity index (χ0v) is 13.5. The molecule has 2 aromatic heterocycles. The van der Waals surface area contributed by atoms with Gasteiger partial charge in [0.25, 0.3) is 0 Å².